The van der Waals surface area contributed by atoms with Crippen LogP contribution in [0, 0.1) is 0 Å². The topological polar surface area (TPSA) is 83.5 Å². The molecule has 6 nitrogen and oxygen atoms in total. The third kappa shape index (κ3) is 5.60. The molecule has 108 valence electrons. The van der Waals surface area contributed by atoms with Gasteiger partial charge in [0.2, 0.25) is 5.91 Å². The maximum Gasteiger partial charge on any atom is 0.271 e. The van der Waals surface area contributed by atoms with Gasteiger partial charge in [-0.3, -0.25) is 14.6 Å². The van der Waals surface area contributed by atoms with Crippen molar-refractivity contribution in [1.29, 1.82) is 0 Å². The first-order valence-electron chi connectivity index (χ1n) is 6.55. The van der Waals surface area contributed by atoms with E-state index < -0.39 is 0 Å². The minimum Gasteiger partial charge on any atom is -0.353 e. The molecule has 1 aromatic rings. The lowest BCUT2D eigenvalue weighted by molar-refractivity contribution is -0.120. The van der Waals surface area contributed by atoms with Gasteiger partial charge in [0, 0.05) is 29.7 Å². The highest BCUT2D eigenvalue weighted by atomic mass is 16.2. The van der Waals surface area contributed by atoms with Gasteiger partial charge in [-0.2, -0.15) is 5.10 Å². The standard InChI is InChI=1S/C14H20N4O2/c1-4-10(2)16-13(19)9-11(3)17-18-14(20)12-5-7-15-8-6-12/h5-8,10H,4,9H2,1-3H3,(H,16,19)(H,18,20)/b17-11-. The Morgan fingerprint density at radius 3 is 2.60 bits per heavy atom. The molecule has 20 heavy (non-hydrogen) atoms. The molecule has 6 heteroatoms. The van der Waals surface area contributed by atoms with E-state index in [9.17, 15) is 9.59 Å². The number of hydrogen-bond acceptors (Lipinski definition) is 4. The Balaban J connectivity index is 2.46. The van der Waals surface area contributed by atoms with Gasteiger partial charge in [0.15, 0.2) is 0 Å². The number of nitrogens with one attached hydrogen (secondary N) is 2. The summed E-state index contributed by atoms with van der Waals surface area (Å²) in [6.45, 7) is 5.64. The number of amides is 2. The molecular weight excluding hydrogens is 256 g/mol. The Hall–Kier alpha value is -2.24. The zero-order chi connectivity index (χ0) is 15.0. The van der Waals surface area contributed by atoms with E-state index in [0.29, 0.717) is 11.3 Å². The van der Waals surface area contributed by atoms with Crippen LogP contribution in [0.2, 0.25) is 0 Å². The molecule has 2 amide bonds. The number of hydrazone groups is 1. The van der Waals surface area contributed by atoms with Crippen LogP contribution in [0.1, 0.15) is 44.0 Å². The SMILES string of the molecule is CCC(C)NC(=O)C/C(C)=N\NC(=O)c1ccncc1. The van der Waals surface area contributed by atoms with Crippen molar-refractivity contribution in [2.24, 2.45) is 5.10 Å². The summed E-state index contributed by atoms with van der Waals surface area (Å²) >= 11 is 0. The van der Waals surface area contributed by atoms with E-state index in [1.165, 1.54) is 12.4 Å². The smallest absolute Gasteiger partial charge is 0.271 e. The molecule has 1 heterocycles. The van der Waals surface area contributed by atoms with Crippen LogP contribution >= 0.6 is 0 Å². The van der Waals surface area contributed by atoms with Crippen molar-refractivity contribution in [3.63, 3.8) is 0 Å². The van der Waals surface area contributed by atoms with Crippen LogP contribution in [0.3, 0.4) is 0 Å². The predicted molar refractivity (Wildman–Crippen MR) is 77.3 cm³/mol. The molecule has 2 N–H and O–H groups in total. The van der Waals surface area contributed by atoms with Crippen molar-refractivity contribution in [3.05, 3.63) is 30.1 Å². The molecule has 0 fully saturated rings. The molecule has 1 unspecified atom stereocenters. The molecule has 0 radical (unpaired) electrons. The van der Waals surface area contributed by atoms with E-state index in [2.05, 4.69) is 20.8 Å². The maximum atomic E-state index is 11.7. The van der Waals surface area contributed by atoms with Gasteiger partial charge < -0.3 is 5.32 Å². The van der Waals surface area contributed by atoms with E-state index in [4.69, 9.17) is 0 Å². The van der Waals surface area contributed by atoms with E-state index >= 15 is 0 Å². The molecule has 1 atom stereocenters. The molecule has 0 bridgehead atoms. The summed E-state index contributed by atoms with van der Waals surface area (Å²) in [5.41, 5.74) is 3.43. The number of hydrogen-bond donors (Lipinski definition) is 2. The molecule has 0 spiro atoms. The number of aromatic nitrogens is 1. The molecule has 0 saturated carbocycles. The maximum absolute atomic E-state index is 11.7. The summed E-state index contributed by atoms with van der Waals surface area (Å²) in [4.78, 5) is 27.2. The van der Waals surface area contributed by atoms with Crippen LogP contribution in [0.5, 0.6) is 0 Å². The molecule has 1 rings (SSSR count). The number of carbonyl (C=O) groups is 2. The molecule has 0 aliphatic carbocycles. The fraction of sp³-hybridized carbons (Fsp3) is 0.429. The number of carbonyl (C=O) groups excluding carboxylic acids is 2. The van der Waals surface area contributed by atoms with Crippen molar-refractivity contribution < 1.29 is 9.59 Å². The highest BCUT2D eigenvalue weighted by Gasteiger charge is 2.08. The van der Waals surface area contributed by atoms with Crippen molar-refractivity contribution in [1.82, 2.24) is 15.7 Å². The Morgan fingerprint density at radius 2 is 2.00 bits per heavy atom. The molecule has 0 aliphatic heterocycles. The molecule has 0 aromatic carbocycles. The van der Waals surface area contributed by atoms with Gasteiger partial charge in [0.25, 0.3) is 5.91 Å². The predicted octanol–water partition coefficient (Wildman–Crippen LogP) is 1.49. The van der Waals surface area contributed by atoms with E-state index in [1.54, 1.807) is 19.1 Å². The molecular formula is C14H20N4O2. The number of pyridine rings is 1. The van der Waals surface area contributed by atoms with Crippen LogP contribution in [0.25, 0.3) is 0 Å². The number of rotatable bonds is 6. The first kappa shape index (κ1) is 15.8. The third-order valence-electron chi connectivity index (χ3n) is 2.73. The summed E-state index contributed by atoms with van der Waals surface area (Å²) in [5.74, 6) is -0.423. The van der Waals surface area contributed by atoms with Crippen LogP contribution < -0.4 is 10.7 Å². The minimum absolute atomic E-state index is 0.0984. The van der Waals surface area contributed by atoms with Gasteiger partial charge in [-0.05, 0) is 32.4 Å². The van der Waals surface area contributed by atoms with Gasteiger partial charge in [-0.15, -0.1) is 0 Å². The second kappa shape index (κ2) is 8.04. The summed E-state index contributed by atoms with van der Waals surface area (Å²) in [5, 5.41) is 6.75. The van der Waals surface area contributed by atoms with Crippen LogP contribution in [0.4, 0.5) is 0 Å². The van der Waals surface area contributed by atoms with Crippen molar-refractivity contribution in [3.8, 4) is 0 Å². The highest BCUT2D eigenvalue weighted by molar-refractivity contribution is 6.01. The van der Waals surface area contributed by atoms with Crippen LogP contribution in [-0.2, 0) is 4.79 Å². The van der Waals surface area contributed by atoms with E-state index in [0.717, 1.165) is 6.42 Å². The van der Waals surface area contributed by atoms with Gasteiger partial charge in [-0.1, -0.05) is 6.92 Å². The Morgan fingerprint density at radius 1 is 1.35 bits per heavy atom. The first-order valence-corrected chi connectivity index (χ1v) is 6.55. The fourth-order valence-electron chi connectivity index (χ4n) is 1.41. The Labute approximate surface area is 118 Å². The number of nitrogens with zero attached hydrogens (tertiary/aromatic N) is 2. The Bertz CT molecular complexity index is 485. The molecule has 1 aromatic heterocycles. The normalized spacial score (nSPS) is 12.7. The summed E-state index contributed by atoms with van der Waals surface area (Å²) in [7, 11) is 0. The lowest BCUT2D eigenvalue weighted by Crippen LogP contribution is -2.33. The average molecular weight is 276 g/mol. The van der Waals surface area contributed by atoms with Gasteiger partial charge >= 0.3 is 0 Å². The van der Waals surface area contributed by atoms with E-state index in [1.807, 2.05) is 13.8 Å². The lowest BCUT2D eigenvalue weighted by atomic mass is 10.2. The third-order valence-corrected chi connectivity index (χ3v) is 2.73. The van der Waals surface area contributed by atoms with Gasteiger partial charge in [0.1, 0.15) is 0 Å². The summed E-state index contributed by atoms with van der Waals surface area (Å²) in [6.07, 6.45) is 4.11. The average Bonchev–Trinajstić information content (AvgIpc) is 2.45. The van der Waals surface area contributed by atoms with Gasteiger partial charge in [0.05, 0.1) is 6.42 Å². The largest absolute Gasteiger partial charge is 0.353 e. The summed E-state index contributed by atoms with van der Waals surface area (Å²) < 4.78 is 0. The zero-order valence-electron chi connectivity index (χ0n) is 12.0. The van der Waals surface area contributed by atoms with Crippen molar-refractivity contribution in [2.75, 3.05) is 0 Å². The van der Waals surface area contributed by atoms with Crippen molar-refractivity contribution in [2.45, 2.75) is 39.7 Å². The quantitative estimate of drug-likeness (QED) is 0.610. The van der Waals surface area contributed by atoms with Crippen molar-refractivity contribution >= 4 is 17.5 Å². The lowest BCUT2D eigenvalue weighted by Gasteiger charge is -2.10. The first-order chi connectivity index (χ1) is 9.52. The monoisotopic (exact) mass is 276 g/mol. The summed E-state index contributed by atoms with van der Waals surface area (Å²) in [6, 6.07) is 3.33. The fourth-order valence-corrected chi connectivity index (χ4v) is 1.41. The second-order valence-electron chi connectivity index (χ2n) is 4.58. The van der Waals surface area contributed by atoms with Crippen LogP contribution in [0.15, 0.2) is 29.6 Å². The van der Waals surface area contributed by atoms with Crippen LogP contribution in [-0.4, -0.2) is 28.6 Å². The molecule has 0 aliphatic rings. The molecule has 0 saturated heterocycles. The zero-order valence-corrected chi connectivity index (χ0v) is 12.0. The minimum atomic E-state index is -0.325. The van der Waals surface area contributed by atoms with Gasteiger partial charge in [-0.25, -0.2) is 5.43 Å². The Kier molecular flexibility index (Phi) is 6.36. The highest BCUT2D eigenvalue weighted by Crippen LogP contribution is 1.96. The van der Waals surface area contributed by atoms with E-state index in [-0.39, 0.29) is 24.3 Å². The second-order valence-corrected chi connectivity index (χ2v) is 4.58.